The number of carbonyl (C=O) groups excluding carboxylic acids is 1. The van der Waals surface area contributed by atoms with Gasteiger partial charge in [-0.05, 0) is 45.6 Å². The van der Waals surface area contributed by atoms with Crippen LogP contribution in [-0.4, -0.2) is 35.5 Å². The molecule has 0 aromatic rings. The molecule has 1 rings (SSSR count). The van der Waals surface area contributed by atoms with Crippen molar-refractivity contribution in [2.75, 3.05) is 13.1 Å². The average Bonchev–Trinajstić information content (AvgIpc) is 2.40. The molecule has 1 fully saturated rings. The summed E-state index contributed by atoms with van der Waals surface area (Å²) < 4.78 is 0. The molecular weight excluding hydrogens is 240 g/mol. The monoisotopic (exact) mass is 266 g/mol. The Morgan fingerprint density at radius 1 is 1.53 bits per heavy atom. The largest absolute Gasteiger partial charge is 0.369 e. The lowest BCUT2D eigenvalue weighted by Gasteiger charge is -2.37. The maximum absolute atomic E-state index is 11.3. The van der Waals surface area contributed by atoms with Crippen molar-refractivity contribution >= 4 is 5.91 Å². The van der Waals surface area contributed by atoms with Gasteiger partial charge in [-0.2, -0.15) is 5.26 Å². The first-order chi connectivity index (χ1) is 8.91. The summed E-state index contributed by atoms with van der Waals surface area (Å²) in [6, 6.07) is 2.67. The third-order valence-corrected chi connectivity index (χ3v) is 4.34. The van der Waals surface area contributed by atoms with Crippen LogP contribution in [0.1, 0.15) is 46.0 Å². The van der Waals surface area contributed by atoms with E-state index in [2.05, 4.69) is 17.9 Å². The van der Waals surface area contributed by atoms with Crippen molar-refractivity contribution in [2.45, 2.75) is 57.5 Å². The van der Waals surface area contributed by atoms with Crippen LogP contribution in [0.3, 0.4) is 0 Å². The van der Waals surface area contributed by atoms with E-state index in [0.29, 0.717) is 18.9 Å². The fourth-order valence-electron chi connectivity index (χ4n) is 2.63. The standard InChI is InChI=1S/C14H26N4O/c1-3-14(17,10-15)7-4-8-18-9-12(13(16)19)6-5-11(18)2/h11-12H,3-9,17H2,1-2H3,(H2,16,19). The molecule has 4 N–H and O–H groups in total. The molecule has 0 aromatic heterocycles. The number of primary amides is 1. The summed E-state index contributed by atoms with van der Waals surface area (Å²) in [7, 11) is 0. The Labute approximate surface area is 115 Å². The fraction of sp³-hybridized carbons (Fsp3) is 0.857. The molecule has 3 atom stereocenters. The molecule has 0 bridgehead atoms. The highest BCUT2D eigenvalue weighted by Gasteiger charge is 2.29. The number of hydrogen-bond acceptors (Lipinski definition) is 4. The number of nitrogens with zero attached hydrogens (tertiary/aromatic N) is 2. The smallest absolute Gasteiger partial charge is 0.221 e. The van der Waals surface area contributed by atoms with E-state index >= 15 is 0 Å². The van der Waals surface area contributed by atoms with Crippen LogP contribution in [0.2, 0.25) is 0 Å². The van der Waals surface area contributed by atoms with Gasteiger partial charge in [-0.15, -0.1) is 0 Å². The van der Waals surface area contributed by atoms with E-state index in [-0.39, 0.29) is 11.8 Å². The number of nitrogens with two attached hydrogens (primary N) is 2. The van der Waals surface area contributed by atoms with Gasteiger partial charge >= 0.3 is 0 Å². The number of amides is 1. The van der Waals surface area contributed by atoms with Gasteiger partial charge in [0.25, 0.3) is 0 Å². The summed E-state index contributed by atoms with van der Waals surface area (Å²) in [6.07, 6.45) is 4.15. The molecule has 1 aliphatic rings. The fourth-order valence-corrected chi connectivity index (χ4v) is 2.63. The van der Waals surface area contributed by atoms with Crippen LogP contribution in [0.5, 0.6) is 0 Å². The molecule has 19 heavy (non-hydrogen) atoms. The van der Waals surface area contributed by atoms with Crippen molar-refractivity contribution in [3.63, 3.8) is 0 Å². The molecule has 1 heterocycles. The molecule has 3 unspecified atom stereocenters. The summed E-state index contributed by atoms with van der Waals surface area (Å²) >= 11 is 0. The van der Waals surface area contributed by atoms with E-state index in [1.807, 2.05) is 6.92 Å². The molecule has 5 nitrogen and oxygen atoms in total. The third kappa shape index (κ3) is 4.48. The van der Waals surface area contributed by atoms with Crippen LogP contribution in [0.15, 0.2) is 0 Å². The van der Waals surface area contributed by atoms with Crippen molar-refractivity contribution in [1.82, 2.24) is 4.90 Å². The van der Waals surface area contributed by atoms with Crippen LogP contribution in [0.4, 0.5) is 0 Å². The molecule has 0 spiro atoms. The van der Waals surface area contributed by atoms with Crippen LogP contribution in [0, 0.1) is 17.2 Å². The van der Waals surface area contributed by atoms with Crippen LogP contribution in [0.25, 0.3) is 0 Å². The van der Waals surface area contributed by atoms with Gasteiger partial charge in [0.05, 0.1) is 12.0 Å². The highest BCUT2D eigenvalue weighted by atomic mass is 16.1. The lowest BCUT2D eigenvalue weighted by Crippen LogP contribution is -2.46. The number of piperidine rings is 1. The number of hydrogen-bond donors (Lipinski definition) is 2. The van der Waals surface area contributed by atoms with Gasteiger partial charge in [0, 0.05) is 12.6 Å². The number of carbonyl (C=O) groups is 1. The number of likely N-dealkylation sites (tertiary alicyclic amines) is 1. The molecule has 5 heteroatoms. The Morgan fingerprint density at radius 2 is 2.21 bits per heavy atom. The van der Waals surface area contributed by atoms with Gasteiger partial charge in [-0.1, -0.05) is 6.92 Å². The average molecular weight is 266 g/mol. The highest BCUT2D eigenvalue weighted by molar-refractivity contribution is 5.76. The summed E-state index contributed by atoms with van der Waals surface area (Å²) in [5, 5.41) is 9.04. The van der Waals surface area contributed by atoms with Crippen LogP contribution in [-0.2, 0) is 4.79 Å². The molecule has 0 saturated carbocycles. The van der Waals surface area contributed by atoms with E-state index in [1.165, 1.54) is 0 Å². The molecule has 1 amide bonds. The molecule has 0 aromatic carbocycles. The number of nitriles is 1. The van der Waals surface area contributed by atoms with Gasteiger partial charge in [0.15, 0.2) is 0 Å². The minimum Gasteiger partial charge on any atom is -0.369 e. The Hall–Kier alpha value is -1.12. The van der Waals surface area contributed by atoms with Gasteiger partial charge in [0.2, 0.25) is 5.91 Å². The molecule has 108 valence electrons. The van der Waals surface area contributed by atoms with Gasteiger partial charge in [-0.25, -0.2) is 0 Å². The maximum atomic E-state index is 11.3. The quantitative estimate of drug-likeness (QED) is 0.749. The van der Waals surface area contributed by atoms with Crippen molar-refractivity contribution in [3.05, 3.63) is 0 Å². The second kappa shape index (κ2) is 6.88. The first-order valence-electron chi connectivity index (χ1n) is 7.15. The van der Waals surface area contributed by atoms with E-state index in [4.69, 9.17) is 16.7 Å². The lowest BCUT2D eigenvalue weighted by atomic mass is 9.91. The van der Waals surface area contributed by atoms with Crippen molar-refractivity contribution in [1.29, 1.82) is 5.26 Å². The Morgan fingerprint density at radius 3 is 2.74 bits per heavy atom. The third-order valence-electron chi connectivity index (χ3n) is 4.34. The van der Waals surface area contributed by atoms with E-state index < -0.39 is 5.54 Å². The van der Waals surface area contributed by atoms with Gasteiger partial charge in [-0.3, -0.25) is 9.69 Å². The summed E-state index contributed by atoms with van der Waals surface area (Å²) in [4.78, 5) is 13.6. The minimum absolute atomic E-state index is 0.0269. The normalized spacial score (nSPS) is 27.5. The number of rotatable bonds is 6. The first-order valence-corrected chi connectivity index (χ1v) is 7.15. The summed E-state index contributed by atoms with van der Waals surface area (Å²) in [5.41, 5.74) is 10.6. The van der Waals surface area contributed by atoms with E-state index in [0.717, 1.165) is 32.4 Å². The minimum atomic E-state index is -0.706. The van der Waals surface area contributed by atoms with Crippen molar-refractivity contribution < 1.29 is 4.79 Å². The van der Waals surface area contributed by atoms with Gasteiger partial charge in [0.1, 0.15) is 5.54 Å². The topological polar surface area (TPSA) is 96.1 Å². The van der Waals surface area contributed by atoms with Crippen molar-refractivity contribution in [2.24, 2.45) is 17.4 Å². The Bertz CT molecular complexity index is 352. The predicted molar refractivity (Wildman–Crippen MR) is 75.0 cm³/mol. The maximum Gasteiger partial charge on any atom is 0.221 e. The Balaban J connectivity index is 2.43. The molecule has 1 aliphatic heterocycles. The zero-order chi connectivity index (χ0) is 14.5. The van der Waals surface area contributed by atoms with E-state index in [9.17, 15) is 4.79 Å². The molecule has 0 aliphatic carbocycles. The highest BCUT2D eigenvalue weighted by Crippen LogP contribution is 2.23. The lowest BCUT2D eigenvalue weighted by molar-refractivity contribution is -0.123. The molecular formula is C14H26N4O. The van der Waals surface area contributed by atoms with Gasteiger partial charge < -0.3 is 11.5 Å². The second-order valence-electron chi connectivity index (χ2n) is 5.75. The predicted octanol–water partition coefficient (Wildman–Crippen LogP) is 0.983. The van der Waals surface area contributed by atoms with E-state index in [1.54, 1.807) is 0 Å². The Kier molecular flexibility index (Phi) is 5.77. The SMILES string of the molecule is CCC(N)(C#N)CCCN1CC(C(N)=O)CCC1C. The van der Waals surface area contributed by atoms with Crippen LogP contribution < -0.4 is 11.5 Å². The molecule has 0 radical (unpaired) electrons. The summed E-state index contributed by atoms with van der Waals surface area (Å²) in [5.74, 6) is -0.225. The molecule has 1 saturated heterocycles. The second-order valence-corrected chi connectivity index (χ2v) is 5.75. The zero-order valence-corrected chi connectivity index (χ0v) is 12.1. The summed E-state index contributed by atoms with van der Waals surface area (Å²) in [6.45, 7) is 5.74. The van der Waals surface area contributed by atoms with Crippen LogP contribution >= 0.6 is 0 Å². The van der Waals surface area contributed by atoms with Crippen molar-refractivity contribution in [3.8, 4) is 6.07 Å². The first kappa shape index (κ1) is 15.9. The zero-order valence-electron chi connectivity index (χ0n) is 12.1.